The van der Waals surface area contributed by atoms with Gasteiger partial charge in [0.1, 0.15) is 12.7 Å². The fourth-order valence-electron chi connectivity index (χ4n) is 0.969. The Morgan fingerprint density at radius 3 is 2.93 bits per heavy atom. The fraction of sp³-hybridized carbons (Fsp3) is 0.286. The van der Waals surface area contributed by atoms with Crippen LogP contribution in [0.3, 0.4) is 0 Å². The maximum absolute atomic E-state index is 5.56. The Morgan fingerprint density at radius 1 is 1.40 bits per heavy atom. The van der Waals surface area contributed by atoms with Crippen LogP contribution >= 0.6 is 11.8 Å². The summed E-state index contributed by atoms with van der Waals surface area (Å²) in [5, 5.41) is 4.51. The molecule has 0 amide bonds. The smallest absolute Gasteiger partial charge is 0.257 e. The number of nitrogens with two attached hydrogens (primary N) is 1. The van der Waals surface area contributed by atoms with Crippen LogP contribution in [0.5, 0.6) is 0 Å². The van der Waals surface area contributed by atoms with Gasteiger partial charge in [-0.15, -0.1) is 0 Å². The molecule has 2 N–H and O–H groups in total. The van der Waals surface area contributed by atoms with Crippen LogP contribution in [0.4, 0.5) is 5.95 Å². The van der Waals surface area contributed by atoms with E-state index in [1.807, 2.05) is 6.92 Å². The third-order valence-corrected chi connectivity index (χ3v) is 2.25. The molecule has 2 aromatic heterocycles. The van der Waals surface area contributed by atoms with Crippen LogP contribution in [0, 0.1) is 0 Å². The summed E-state index contributed by atoms with van der Waals surface area (Å²) in [6.07, 6.45) is 2.92. The monoisotopic (exact) mass is 223 g/mol. The summed E-state index contributed by atoms with van der Waals surface area (Å²) in [6, 6.07) is 0. The highest BCUT2D eigenvalue weighted by Gasteiger charge is 2.06. The molecule has 0 aliphatic rings. The highest BCUT2D eigenvalue weighted by Crippen LogP contribution is 2.13. The van der Waals surface area contributed by atoms with Gasteiger partial charge in [-0.25, -0.2) is 4.98 Å². The molecule has 0 aliphatic carbocycles. The van der Waals surface area contributed by atoms with Crippen LogP contribution in [0.1, 0.15) is 6.92 Å². The molecule has 0 spiro atoms. The lowest BCUT2D eigenvalue weighted by Gasteiger charge is -2.02. The van der Waals surface area contributed by atoms with Crippen molar-refractivity contribution in [3.8, 4) is 5.95 Å². The van der Waals surface area contributed by atoms with Gasteiger partial charge in [-0.1, -0.05) is 18.7 Å². The predicted octanol–water partition coefficient (Wildman–Crippen LogP) is 0.146. The van der Waals surface area contributed by atoms with Crippen molar-refractivity contribution >= 4 is 17.7 Å². The van der Waals surface area contributed by atoms with Gasteiger partial charge in [0.2, 0.25) is 5.95 Å². The molecule has 0 atom stereocenters. The van der Waals surface area contributed by atoms with Gasteiger partial charge in [0.25, 0.3) is 5.95 Å². The quantitative estimate of drug-likeness (QED) is 0.739. The number of nitrogen functional groups attached to an aromatic ring is 1. The van der Waals surface area contributed by atoms with E-state index >= 15 is 0 Å². The highest BCUT2D eigenvalue weighted by molar-refractivity contribution is 7.99. The van der Waals surface area contributed by atoms with Gasteiger partial charge < -0.3 is 5.73 Å². The largest absolute Gasteiger partial charge is 0.368 e. The molecule has 0 bridgehead atoms. The Morgan fingerprint density at radius 2 is 2.27 bits per heavy atom. The first-order chi connectivity index (χ1) is 7.29. The molecular weight excluding hydrogens is 214 g/mol. The first-order valence-electron chi connectivity index (χ1n) is 4.29. The summed E-state index contributed by atoms with van der Waals surface area (Å²) in [7, 11) is 0. The molecule has 15 heavy (non-hydrogen) atoms. The second kappa shape index (κ2) is 4.22. The van der Waals surface area contributed by atoms with Gasteiger partial charge in [-0.05, 0) is 5.75 Å². The molecule has 78 valence electrons. The summed E-state index contributed by atoms with van der Waals surface area (Å²) in [5.41, 5.74) is 5.56. The van der Waals surface area contributed by atoms with Crippen molar-refractivity contribution in [2.45, 2.75) is 12.1 Å². The molecule has 0 fully saturated rings. The third kappa shape index (κ3) is 2.21. The normalized spacial score (nSPS) is 10.5. The minimum Gasteiger partial charge on any atom is -0.368 e. The van der Waals surface area contributed by atoms with Crippen molar-refractivity contribution in [1.29, 1.82) is 0 Å². The van der Waals surface area contributed by atoms with Crippen molar-refractivity contribution in [2.75, 3.05) is 11.5 Å². The number of nitrogens with zero attached hydrogens (tertiary/aromatic N) is 6. The number of hydrogen-bond donors (Lipinski definition) is 1. The van der Waals surface area contributed by atoms with Gasteiger partial charge in [-0.2, -0.15) is 24.7 Å². The second-order valence-electron chi connectivity index (χ2n) is 2.55. The standard InChI is InChI=1S/C7H9N7S/c1-2-15-7-12-5(8)11-6(13-7)14-4-9-3-10-14/h3-4H,2H2,1H3,(H2,8,11,12,13). The third-order valence-electron chi connectivity index (χ3n) is 1.52. The van der Waals surface area contributed by atoms with E-state index in [9.17, 15) is 0 Å². The Kier molecular flexibility index (Phi) is 2.77. The van der Waals surface area contributed by atoms with Gasteiger partial charge in [0, 0.05) is 0 Å². The minimum absolute atomic E-state index is 0.187. The van der Waals surface area contributed by atoms with Crippen molar-refractivity contribution < 1.29 is 0 Å². The van der Waals surface area contributed by atoms with Crippen LogP contribution in [0.15, 0.2) is 17.8 Å². The van der Waals surface area contributed by atoms with Crippen molar-refractivity contribution in [2.24, 2.45) is 0 Å². The zero-order chi connectivity index (χ0) is 10.7. The number of thioether (sulfide) groups is 1. The van der Waals surface area contributed by atoms with Crippen LogP contribution in [0.2, 0.25) is 0 Å². The molecule has 2 heterocycles. The molecule has 0 aliphatic heterocycles. The van der Waals surface area contributed by atoms with E-state index in [2.05, 4.69) is 25.0 Å². The Labute approximate surface area is 90.2 Å². The summed E-state index contributed by atoms with van der Waals surface area (Å²) in [5.74, 6) is 1.45. The zero-order valence-electron chi connectivity index (χ0n) is 8.03. The molecule has 7 nitrogen and oxygen atoms in total. The van der Waals surface area contributed by atoms with E-state index in [0.29, 0.717) is 11.1 Å². The molecule has 2 rings (SSSR count). The highest BCUT2D eigenvalue weighted by atomic mass is 32.2. The molecule has 0 aromatic carbocycles. The fourth-order valence-corrected chi connectivity index (χ4v) is 1.53. The van der Waals surface area contributed by atoms with E-state index in [1.165, 1.54) is 29.1 Å². The van der Waals surface area contributed by atoms with Crippen LogP contribution < -0.4 is 5.73 Å². The van der Waals surface area contributed by atoms with Gasteiger partial charge in [-0.3, -0.25) is 0 Å². The molecule has 0 radical (unpaired) electrons. The molecule has 2 aromatic rings. The van der Waals surface area contributed by atoms with Gasteiger partial charge >= 0.3 is 0 Å². The number of anilines is 1. The average molecular weight is 223 g/mol. The molecule has 0 unspecified atom stereocenters. The maximum atomic E-state index is 5.56. The second-order valence-corrected chi connectivity index (χ2v) is 3.78. The van der Waals surface area contributed by atoms with Crippen molar-refractivity contribution in [3.63, 3.8) is 0 Å². The van der Waals surface area contributed by atoms with Crippen molar-refractivity contribution in [1.82, 2.24) is 29.7 Å². The molecule has 8 heteroatoms. The zero-order valence-corrected chi connectivity index (χ0v) is 8.85. The summed E-state index contributed by atoms with van der Waals surface area (Å²) in [6.45, 7) is 2.01. The van der Waals surface area contributed by atoms with E-state index < -0.39 is 0 Å². The molecule has 0 saturated carbocycles. The van der Waals surface area contributed by atoms with E-state index in [0.717, 1.165) is 5.75 Å². The first kappa shape index (κ1) is 9.84. The summed E-state index contributed by atoms with van der Waals surface area (Å²) < 4.78 is 1.44. The molecule has 0 saturated heterocycles. The first-order valence-corrected chi connectivity index (χ1v) is 5.27. The Bertz CT molecular complexity index is 441. The summed E-state index contributed by atoms with van der Waals surface area (Å²) >= 11 is 1.50. The average Bonchev–Trinajstić information content (AvgIpc) is 2.70. The lowest BCUT2D eigenvalue weighted by Crippen LogP contribution is -2.07. The van der Waals surface area contributed by atoms with Crippen LogP contribution in [-0.2, 0) is 0 Å². The predicted molar refractivity (Wildman–Crippen MR) is 55.6 cm³/mol. The SMILES string of the molecule is CCSc1nc(N)nc(-n2cncn2)n1. The van der Waals surface area contributed by atoms with E-state index in [-0.39, 0.29) is 5.95 Å². The van der Waals surface area contributed by atoms with Crippen molar-refractivity contribution in [3.05, 3.63) is 12.7 Å². The van der Waals surface area contributed by atoms with E-state index in [1.54, 1.807) is 0 Å². The minimum atomic E-state index is 0.187. The maximum Gasteiger partial charge on any atom is 0.257 e. The van der Waals surface area contributed by atoms with Gasteiger partial charge in [0.15, 0.2) is 5.16 Å². The summed E-state index contributed by atoms with van der Waals surface area (Å²) in [4.78, 5) is 15.9. The lowest BCUT2D eigenvalue weighted by atomic mass is 10.9. The lowest BCUT2D eigenvalue weighted by molar-refractivity contribution is 0.763. The molecular formula is C7H9N7S. The number of rotatable bonds is 3. The Balaban J connectivity index is 2.40. The topological polar surface area (TPSA) is 95.4 Å². The Hall–Kier alpha value is -1.70. The van der Waals surface area contributed by atoms with Crippen LogP contribution in [0.25, 0.3) is 5.95 Å². The van der Waals surface area contributed by atoms with E-state index in [4.69, 9.17) is 5.73 Å². The van der Waals surface area contributed by atoms with Crippen LogP contribution in [-0.4, -0.2) is 35.5 Å². The van der Waals surface area contributed by atoms with Gasteiger partial charge in [0.05, 0.1) is 0 Å². The number of aromatic nitrogens is 6. The number of hydrogen-bond acceptors (Lipinski definition) is 7.